The molecule has 0 bridgehead atoms. The van der Waals surface area contributed by atoms with Crippen molar-refractivity contribution in [2.75, 3.05) is 39.8 Å². The van der Waals surface area contributed by atoms with Gasteiger partial charge < -0.3 is 10.2 Å². The largest absolute Gasteiger partial charge is 0.314 e. The van der Waals surface area contributed by atoms with Crippen molar-refractivity contribution in [1.82, 2.24) is 15.1 Å². The van der Waals surface area contributed by atoms with Gasteiger partial charge in [0.15, 0.2) is 0 Å². The number of hydrogen-bond donors (Lipinski definition) is 1. The summed E-state index contributed by atoms with van der Waals surface area (Å²) in [7, 11) is 2.27. The van der Waals surface area contributed by atoms with E-state index in [4.69, 9.17) is 0 Å². The van der Waals surface area contributed by atoms with Crippen LogP contribution in [-0.2, 0) is 0 Å². The summed E-state index contributed by atoms with van der Waals surface area (Å²) in [6, 6.07) is 1.45. The molecule has 2 fully saturated rings. The average molecular weight is 253 g/mol. The van der Waals surface area contributed by atoms with E-state index in [1.807, 2.05) is 0 Å². The van der Waals surface area contributed by atoms with Gasteiger partial charge in [-0.15, -0.1) is 0 Å². The molecular weight excluding hydrogens is 222 g/mol. The number of nitrogens with zero attached hydrogens (tertiary/aromatic N) is 2. The highest BCUT2D eigenvalue weighted by Crippen LogP contribution is 2.22. The summed E-state index contributed by atoms with van der Waals surface area (Å²) in [6.45, 7) is 10.9. The van der Waals surface area contributed by atoms with Crippen LogP contribution in [-0.4, -0.2) is 61.7 Å². The molecule has 0 aliphatic carbocycles. The minimum atomic E-state index is 0.626. The van der Waals surface area contributed by atoms with Gasteiger partial charge in [0.25, 0.3) is 0 Å². The second-order valence-corrected chi connectivity index (χ2v) is 6.62. The summed E-state index contributed by atoms with van der Waals surface area (Å²) in [5, 5.41) is 3.61. The fraction of sp³-hybridized carbons (Fsp3) is 1.00. The van der Waals surface area contributed by atoms with Crippen LogP contribution in [0.2, 0.25) is 0 Å². The number of likely N-dealkylation sites (tertiary alicyclic amines) is 2. The van der Waals surface area contributed by atoms with Gasteiger partial charge in [0.2, 0.25) is 0 Å². The predicted molar refractivity (Wildman–Crippen MR) is 78.0 cm³/mol. The van der Waals surface area contributed by atoms with E-state index in [1.54, 1.807) is 0 Å². The highest BCUT2D eigenvalue weighted by atomic mass is 15.2. The molecule has 0 aromatic carbocycles. The van der Waals surface area contributed by atoms with Crippen molar-refractivity contribution in [3.8, 4) is 0 Å². The van der Waals surface area contributed by atoms with E-state index in [0.717, 1.165) is 12.0 Å². The van der Waals surface area contributed by atoms with Gasteiger partial charge in [0, 0.05) is 25.2 Å². The zero-order valence-corrected chi connectivity index (χ0v) is 12.5. The molecule has 2 aliphatic rings. The van der Waals surface area contributed by atoms with Crippen molar-refractivity contribution >= 4 is 0 Å². The molecule has 2 rings (SSSR count). The van der Waals surface area contributed by atoms with Crippen LogP contribution >= 0.6 is 0 Å². The molecule has 3 nitrogen and oxygen atoms in total. The molecule has 0 aromatic heterocycles. The van der Waals surface area contributed by atoms with E-state index >= 15 is 0 Å². The molecule has 0 spiro atoms. The van der Waals surface area contributed by atoms with Gasteiger partial charge in [-0.1, -0.05) is 13.8 Å². The Labute approximate surface area is 113 Å². The van der Waals surface area contributed by atoms with Crippen molar-refractivity contribution in [2.24, 2.45) is 5.92 Å². The third-order valence-corrected chi connectivity index (χ3v) is 4.48. The van der Waals surface area contributed by atoms with E-state index in [9.17, 15) is 0 Å². The molecule has 0 amide bonds. The lowest BCUT2D eigenvalue weighted by Crippen LogP contribution is -2.51. The van der Waals surface area contributed by atoms with Crippen LogP contribution in [0.3, 0.4) is 0 Å². The molecule has 2 atom stereocenters. The Hall–Kier alpha value is -0.120. The molecule has 3 heteroatoms. The van der Waals surface area contributed by atoms with Crippen LogP contribution < -0.4 is 5.32 Å². The number of hydrogen-bond acceptors (Lipinski definition) is 3. The summed E-state index contributed by atoms with van der Waals surface area (Å²) in [4.78, 5) is 5.27. The third-order valence-electron chi connectivity index (χ3n) is 4.48. The van der Waals surface area contributed by atoms with E-state index in [-0.39, 0.29) is 0 Å². The maximum Gasteiger partial charge on any atom is 0.0223 e. The van der Waals surface area contributed by atoms with Crippen LogP contribution in [0.15, 0.2) is 0 Å². The molecule has 2 heterocycles. The molecule has 2 aliphatic heterocycles. The number of likely N-dealkylation sites (N-methyl/N-ethyl adjacent to an activating group) is 1. The Morgan fingerprint density at radius 1 is 1.11 bits per heavy atom. The maximum absolute atomic E-state index is 3.61. The molecule has 1 N–H and O–H groups in total. The summed E-state index contributed by atoms with van der Waals surface area (Å²) < 4.78 is 0. The Balaban J connectivity index is 1.78. The van der Waals surface area contributed by atoms with Crippen LogP contribution in [0.4, 0.5) is 0 Å². The van der Waals surface area contributed by atoms with Crippen molar-refractivity contribution in [1.29, 1.82) is 0 Å². The fourth-order valence-corrected chi connectivity index (χ4v) is 3.44. The van der Waals surface area contributed by atoms with Crippen LogP contribution in [0.5, 0.6) is 0 Å². The normalized spacial score (nSPS) is 32.0. The molecule has 2 saturated heterocycles. The lowest BCUT2D eigenvalue weighted by molar-refractivity contribution is 0.0717. The van der Waals surface area contributed by atoms with Crippen molar-refractivity contribution in [2.45, 2.75) is 51.6 Å². The summed E-state index contributed by atoms with van der Waals surface area (Å²) in [5.74, 6) is 0.869. The van der Waals surface area contributed by atoms with E-state index in [1.165, 1.54) is 58.4 Å². The average Bonchev–Trinajstić information content (AvgIpc) is 2.37. The molecule has 0 aromatic rings. The Morgan fingerprint density at radius 3 is 2.61 bits per heavy atom. The van der Waals surface area contributed by atoms with Gasteiger partial charge in [-0.05, 0) is 58.3 Å². The molecule has 2 unspecified atom stereocenters. The highest BCUT2D eigenvalue weighted by Gasteiger charge is 2.28. The topological polar surface area (TPSA) is 18.5 Å². The van der Waals surface area contributed by atoms with Gasteiger partial charge in [-0.3, -0.25) is 4.90 Å². The predicted octanol–water partition coefficient (Wildman–Crippen LogP) is 1.79. The fourth-order valence-electron chi connectivity index (χ4n) is 3.44. The minimum Gasteiger partial charge on any atom is -0.314 e. The summed E-state index contributed by atoms with van der Waals surface area (Å²) >= 11 is 0. The Kier molecular flexibility index (Phi) is 5.46. The van der Waals surface area contributed by atoms with E-state index in [2.05, 4.69) is 36.0 Å². The molecule has 0 saturated carbocycles. The van der Waals surface area contributed by atoms with Crippen molar-refractivity contribution < 1.29 is 0 Å². The third kappa shape index (κ3) is 4.22. The van der Waals surface area contributed by atoms with E-state index in [0.29, 0.717) is 6.04 Å². The first kappa shape index (κ1) is 14.3. The minimum absolute atomic E-state index is 0.626. The first-order valence-corrected chi connectivity index (χ1v) is 7.81. The van der Waals surface area contributed by atoms with Gasteiger partial charge in [0.05, 0.1) is 0 Å². The van der Waals surface area contributed by atoms with Crippen molar-refractivity contribution in [3.63, 3.8) is 0 Å². The zero-order valence-electron chi connectivity index (χ0n) is 12.5. The van der Waals surface area contributed by atoms with Gasteiger partial charge in [-0.2, -0.15) is 0 Å². The first-order valence-electron chi connectivity index (χ1n) is 7.81. The second kappa shape index (κ2) is 6.88. The lowest BCUT2D eigenvalue weighted by Gasteiger charge is -2.42. The van der Waals surface area contributed by atoms with Crippen LogP contribution in [0.25, 0.3) is 0 Å². The Bertz CT molecular complexity index is 242. The maximum atomic E-state index is 3.61. The summed E-state index contributed by atoms with van der Waals surface area (Å²) in [5.41, 5.74) is 0. The Morgan fingerprint density at radius 2 is 1.89 bits per heavy atom. The van der Waals surface area contributed by atoms with Crippen LogP contribution in [0.1, 0.15) is 39.5 Å². The van der Waals surface area contributed by atoms with Crippen molar-refractivity contribution in [3.05, 3.63) is 0 Å². The quantitative estimate of drug-likeness (QED) is 0.824. The number of rotatable bonds is 4. The molecule has 0 radical (unpaired) electrons. The monoisotopic (exact) mass is 253 g/mol. The lowest BCUT2D eigenvalue weighted by atomic mass is 9.94. The SMILES string of the molecule is CC(C)NCC1CCCN(C2CCCN(C)C2)C1. The highest BCUT2D eigenvalue weighted by molar-refractivity contribution is 4.84. The van der Waals surface area contributed by atoms with Gasteiger partial charge in [-0.25, -0.2) is 0 Å². The van der Waals surface area contributed by atoms with E-state index < -0.39 is 0 Å². The second-order valence-electron chi connectivity index (χ2n) is 6.62. The molecule has 18 heavy (non-hydrogen) atoms. The molecular formula is C15H31N3. The van der Waals surface area contributed by atoms with Gasteiger partial charge >= 0.3 is 0 Å². The summed E-state index contributed by atoms with van der Waals surface area (Å²) in [6.07, 6.45) is 5.60. The zero-order chi connectivity index (χ0) is 13.0. The smallest absolute Gasteiger partial charge is 0.0223 e. The van der Waals surface area contributed by atoms with Gasteiger partial charge in [0.1, 0.15) is 0 Å². The number of piperidine rings is 2. The molecule has 106 valence electrons. The standard InChI is InChI=1S/C15H31N3/c1-13(2)16-10-14-6-4-9-18(11-14)15-7-5-8-17(3)12-15/h13-16H,4-12H2,1-3H3. The first-order chi connectivity index (χ1) is 8.65. The van der Waals surface area contributed by atoms with Crippen LogP contribution in [0, 0.1) is 5.92 Å². The number of nitrogens with one attached hydrogen (secondary N) is 1.